The maximum absolute atomic E-state index is 4.77. The molecule has 0 atom stereocenters. The average molecular weight is 324 g/mol. The molecule has 25 heavy (non-hydrogen) atoms. The molecule has 0 fully saturated rings. The predicted octanol–water partition coefficient (Wildman–Crippen LogP) is 4.94. The molecule has 4 aromatic rings. The van der Waals surface area contributed by atoms with E-state index in [0.29, 0.717) is 5.82 Å². The van der Waals surface area contributed by atoms with Crippen molar-refractivity contribution >= 4 is 28.5 Å². The topological polar surface area (TPSA) is 53.6 Å². The van der Waals surface area contributed by atoms with Crippen LogP contribution < -0.4 is 5.32 Å². The van der Waals surface area contributed by atoms with Crippen LogP contribution in [0.3, 0.4) is 0 Å². The lowest BCUT2D eigenvalue weighted by Crippen LogP contribution is -1.99. The molecular weight excluding hydrogens is 308 g/mol. The number of hydrogen-bond acceptors (Lipinski definition) is 3. The first kappa shape index (κ1) is 14.0. The van der Waals surface area contributed by atoms with Crippen molar-refractivity contribution in [3.05, 3.63) is 78.1 Å². The second kappa shape index (κ2) is 5.60. The Morgan fingerprint density at radius 2 is 1.96 bits per heavy atom. The van der Waals surface area contributed by atoms with Crippen molar-refractivity contribution in [1.29, 1.82) is 0 Å². The monoisotopic (exact) mass is 324 g/mol. The Hall–Kier alpha value is -3.40. The second-order valence-corrected chi connectivity index (χ2v) is 6.16. The van der Waals surface area contributed by atoms with Gasteiger partial charge in [0.15, 0.2) is 5.82 Å². The van der Waals surface area contributed by atoms with E-state index in [2.05, 4.69) is 40.7 Å². The van der Waals surface area contributed by atoms with Crippen LogP contribution in [0.1, 0.15) is 11.1 Å². The summed E-state index contributed by atoms with van der Waals surface area (Å²) in [5, 5.41) is 4.50. The quantitative estimate of drug-likeness (QED) is 0.561. The summed E-state index contributed by atoms with van der Waals surface area (Å²) in [7, 11) is 0. The van der Waals surface area contributed by atoms with Crippen LogP contribution in [0.4, 0.5) is 11.5 Å². The van der Waals surface area contributed by atoms with Gasteiger partial charge in [-0.15, -0.1) is 0 Å². The van der Waals surface area contributed by atoms with E-state index in [1.807, 2.05) is 42.7 Å². The highest BCUT2D eigenvalue weighted by molar-refractivity contribution is 5.92. The summed E-state index contributed by atoms with van der Waals surface area (Å²) in [5.74, 6) is 1.53. The lowest BCUT2D eigenvalue weighted by Gasteiger charge is -2.11. The third kappa shape index (κ3) is 2.48. The van der Waals surface area contributed by atoms with Gasteiger partial charge in [0, 0.05) is 29.0 Å². The number of benzene rings is 2. The third-order valence-corrected chi connectivity index (χ3v) is 4.50. The fourth-order valence-electron chi connectivity index (χ4n) is 3.23. The summed E-state index contributed by atoms with van der Waals surface area (Å²) >= 11 is 0. The number of fused-ring (bicyclic) bond motifs is 2. The smallest absolute Gasteiger partial charge is 0.163 e. The molecular formula is C21H16N4. The molecule has 2 heterocycles. The highest BCUT2D eigenvalue weighted by atomic mass is 15.0. The normalized spacial score (nSPS) is 12.5. The lowest BCUT2D eigenvalue weighted by molar-refractivity contribution is 1.22. The van der Waals surface area contributed by atoms with Crippen LogP contribution in [0.5, 0.6) is 0 Å². The molecule has 2 N–H and O–H groups in total. The second-order valence-electron chi connectivity index (χ2n) is 6.16. The minimum Gasteiger partial charge on any atom is -0.367 e. The van der Waals surface area contributed by atoms with E-state index in [0.717, 1.165) is 34.4 Å². The Bertz CT molecular complexity index is 1090. The van der Waals surface area contributed by atoms with Gasteiger partial charge in [0.1, 0.15) is 5.82 Å². The summed E-state index contributed by atoms with van der Waals surface area (Å²) in [6.45, 7) is 0. The Morgan fingerprint density at radius 3 is 2.88 bits per heavy atom. The van der Waals surface area contributed by atoms with Crippen LogP contribution in [0, 0.1) is 0 Å². The van der Waals surface area contributed by atoms with Gasteiger partial charge in [0.05, 0.1) is 5.52 Å². The van der Waals surface area contributed by atoms with Gasteiger partial charge in [0.25, 0.3) is 0 Å². The zero-order valence-corrected chi connectivity index (χ0v) is 13.5. The van der Waals surface area contributed by atoms with Crippen LogP contribution in [-0.2, 0) is 6.42 Å². The number of nitrogens with zero attached hydrogens (tertiary/aromatic N) is 2. The molecule has 0 unspecified atom stereocenters. The van der Waals surface area contributed by atoms with Crippen LogP contribution in [0.25, 0.3) is 28.4 Å². The Balaban J connectivity index is 1.63. The maximum Gasteiger partial charge on any atom is 0.163 e. The zero-order valence-electron chi connectivity index (χ0n) is 13.5. The standard InChI is InChI=1S/C21H16N4/c1-2-7-19-18(6-1)21(25-20(24-19)16-10-11-22-13-16)23-17-9-8-14-4-3-5-15(14)12-17/h1-3,5-13,22H,4H2,(H,23,24,25). The molecule has 0 radical (unpaired) electrons. The highest BCUT2D eigenvalue weighted by Crippen LogP contribution is 2.29. The molecule has 1 aliphatic carbocycles. The van der Waals surface area contributed by atoms with E-state index in [1.165, 1.54) is 11.1 Å². The number of rotatable bonds is 3. The Kier molecular flexibility index (Phi) is 3.13. The Labute approximate surface area is 145 Å². The number of H-pyrrole nitrogens is 1. The molecule has 2 aromatic carbocycles. The number of para-hydroxylation sites is 1. The lowest BCUT2D eigenvalue weighted by atomic mass is 10.1. The van der Waals surface area contributed by atoms with Crippen LogP contribution in [0.15, 0.2) is 67.0 Å². The SMILES string of the molecule is C1=Cc2cc(Nc3nc(-c4cc[nH]c4)nc4ccccc34)ccc2C1. The number of hydrogen-bond donors (Lipinski definition) is 2. The predicted molar refractivity (Wildman–Crippen MR) is 102 cm³/mol. The summed E-state index contributed by atoms with van der Waals surface area (Å²) < 4.78 is 0. The van der Waals surface area contributed by atoms with Gasteiger partial charge in [-0.3, -0.25) is 0 Å². The molecule has 0 bridgehead atoms. The molecule has 2 aromatic heterocycles. The maximum atomic E-state index is 4.77. The van der Waals surface area contributed by atoms with E-state index in [1.54, 1.807) is 0 Å². The first-order valence-electron chi connectivity index (χ1n) is 8.33. The average Bonchev–Trinajstić information content (AvgIpc) is 3.33. The van der Waals surface area contributed by atoms with Crippen molar-refractivity contribution in [2.75, 3.05) is 5.32 Å². The fourth-order valence-corrected chi connectivity index (χ4v) is 3.23. The van der Waals surface area contributed by atoms with E-state index >= 15 is 0 Å². The van der Waals surface area contributed by atoms with Crippen LogP contribution in [0.2, 0.25) is 0 Å². The van der Waals surface area contributed by atoms with Gasteiger partial charge in [-0.25, -0.2) is 9.97 Å². The Morgan fingerprint density at radius 1 is 1.00 bits per heavy atom. The molecule has 0 aliphatic heterocycles. The largest absolute Gasteiger partial charge is 0.367 e. The van der Waals surface area contributed by atoms with Gasteiger partial charge in [-0.2, -0.15) is 0 Å². The van der Waals surface area contributed by atoms with Crippen LogP contribution in [-0.4, -0.2) is 15.0 Å². The number of aromatic nitrogens is 3. The molecule has 1 aliphatic rings. The van der Waals surface area contributed by atoms with Crippen molar-refractivity contribution in [3.8, 4) is 11.4 Å². The van der Waals surface area contributed by atoms with E-state index in [9.17, 15) is 0 Å². The number of anilines is 2. The minimum atomic E-state index is 0.712. The number of aromatic amines is 1. The molecule has 0 amide bonds. The van der Waals surface area contributed by atoms with Crippen molar-refractivity contribution in [3.63, 3.8) is 0 Å². The summed E-state index contributed by atoms with van der Waals surface area (Å²) in [6.07, 6.45) is 9.17. The van der Waals surface area contributed by atoms with E-state index in [-0.39, 0.29) is 0 Å². The van der Waals surface area contributed by atoms with E-state index < -0.39 is 0 Å². The summed E-state index contributed by atoms with van der Waals surface area (Å²) in [5.41, 5.74) is 5.58. The molecule has 5 rings (SSSR count). The van der Waals surface area contributed by atoms with Crippen molar-refractivity contribution in [1.82, 2.24) is 15.0 Å². The van der Waals surface area contributed by atoms with Gasteiger partial charge in [-0.05, 0) is 47.9 Å². The number of nitrogens with one attached hydrogen (secondary N) is 2. The van der Waals surface area contributed by atoms with Gasteiger partial charge < -0.3 is 10.3 Å². The molecule has 0 saturated carbocycles. The number of allylic oxidation sites excluding steroid dienone is 1. The first-order valence-corrected chi connectivity index (χ1v) is 8.33. The molecule has 4 nitrogen and oxygen atoms in total. The van der Waals surface area contributed by atoms with Crippen molar-refractivity contribution in [2.24, 2.45) is 0 Å². The van der Waals surface area contributed by atoms with Gasteiger partial charge >= 0.3 is 0 Å². The molecule has 4 heteroatoms. The minimum absolute atomic E-state index is 0.712. The van der Waals surface area contributed by atoms with Gasteiger partial charge in [0.2, 0.25) is 0 Å². The van der Waals surface area contributed by atoms with Gasteiger partial charge in [-0.1, -0.05) is 30.4 Å². The zero-order chi connectivity index (χ0) is 16.6. The third-order valence-electron chi connectivity index (χ3n) is 4.50. The fraction of sp³-hybridized carbons (Fsp3) is 0.0476. The van der Waals surface area contributed by atoms with E-state index in [4.69, 9.17) is 9.97 Å². The summed E-state index contributed by atoms with van der Waals surface area (Å²) in [4.78, 5) is 12.5. The highest BCUT2D eigenvalue weighted by Gasteiger charge is 2.11. The molecule has 0 saturated heterocycles. The molecule has 0 spiro atoms. The first-order chi connectivity index (χ1) is 12.4. The van der Waals surface area contributed by atoms with Crippen molar-refractivity contribution in [2.45, 2.75) is 6.42 Å². The van der Waals surface area contributed by atoms with Crippen LogP contribution >= 0.6 is 0 Å². The van der Waals surface area contributed by atoms with Crippen molar-refractivity contribution < 1.29 is 0 Å². The molecule has 120 valence electrons. The summed E-state index contributed by atoms with van der Waals surface area (Å²) in [6, 6.07) is 16.5.